The highest BCUT2D eigenvalue weighted by Crippen LogP contribution is 2.06. The average molecular weight is 312 g/mol. The van der Waals surface area contributed by atoms with E-state index in [4.69, 9.17) is 5.11 Å². The van der Waals surface area contributed by atoms with Gasteiger partial charge in [0.25, 0.3) is 5.56 Å². The monoisotopic (exact) mass is 312 g/mol. The largest absolute Gasteiger partial charge is 0.391 e. The van der Waals surface area contributed by atoms with Crippen LogP contribution in [0.3, 0.4) is 0 Å². The Balaban J connectivity index is 2.34. The third-order valence-corrected chi connectivity index (χ3v) is 3.75. The van der Waals surface area contributed by atoms with E-state index in [1.54, 1.807) is 11.6 Å². The first-order valence-corrected chi connectivity index (χ1v) is 7.07. The van der Waals surface area contributed by atoms with Gasteiger partial charge in [0, 0.05) is 14.1 Å². The second-order valence-corrected chi connectivity index (χ2v) is 5.56. The lowest BCUT2D eigenvalue weighted by molar-refractivity contribution is -0.883. The van der Waals surface area contributed by atoms with Crippen molar-refractivity contribution >= 4 is 11.2 Å². The standard InChI is InChI=1S/C13H21N5O4/c1-15(4-5-19)6-9(20)7-18-8-14-11-10(18)12(21)17(3)13(22)16(11)2/h8-9,19-20H,4-7H2,1-3H3/p+1/t9-/m1/s1. The van der Waals surface area contributed by atoms with Crippen LogP contribution in [0.5, 0.6) is 0 Å². The summed E-state index contributed by atoms with van der Waals surface area (Å²) in [6.07, 6.45) is 0.765. The maximum Gasteiger partial charge on any atom is 0.332 e. The van der Waals surface area contributed by atoms with Crippen LogP contribution in [-0.4, -0.2) is 61.7 Å². The zero-order valence-electron chi connectivity index (χ0n) is 13.0. The molecule has 2 aromatic rings. The predicted molar refractivity (Wildman–Crippen MR) is 79.9 cm³/mol. The molecule has 2 aromatic heterocycles. The number of hydrogen-bond acceptors (Lipinski definition) is 5. The van der Waals surface area contributed by atoms with E-state index in [1.165, 1.54) is 17.9 Å². The van der Waals surface area contributed by atoms with Crippen molar-refractivity contribution < 1.29 is 15.1 Å². The molecule has 0 amide bonds. The fraction of sp³-hybridized carbons (Fsp3) is 0.615. The molecule has 0 aromatic carbocycles. The van der Waals surface area contributed by atoms with Crippen LogP contribution >= 0.6 is 0 Å². The Kier molecular flexibility index (Phi) is 4.79. The molecular weight excluding hydrogens is 290 g/mol. The number of rotatable bonds is 6. The number of aromatic nitrogens is 4. The molecule has 9 heteroatoms. The van der Waals surface area contributed by atoms with E-state index in [2.05, 4.69) is 4.98 Å². The molecule has 0 aliphatic heterocycles. The Morgan fingerprint density at radius 1 is 1.32 bits per heavy atom. The van der Waals surface area contributed by atoms with Gasteiger partial charge < -0.3 is 19.7 Å². The van der Waals surface area contributed by atoms with Crippen molar-refractivity contribution in [2.24, 2.45) is 14.1 Å². The number of imidazole rings is 1. The molecule has 2 rings (SSSR count). The lowest BCUT2D eigenvalue weighted by Crippen LogP contribution is -3.10. The minimum absolute atomic E-state index is 0.0508. The Morgan fingerprint density at radius 3 is 2.64 bits per heavy atom. The summed E-state index contributed by atoms with van der Waals surface area (Å²) in [6, 6.07) is 0. The maximum absolute atomic E-state index is 12.3. The Hall–Kier alpha value is -1.97. The van der Waals surface area contributed by atoms with Crippen LogP contribution in [0.15, 0.2) is 15.9 Å². The summed E-state index contributed by atoms with van der Waals surface area (Å²) in [5.74, 6) is 0. The summed E-state index contributed by atoms with van der Waals surface area (Å²) >= 11 is 0. The van der Waals surface area contributed by atoms with Crippen molar-refractivity contribution in [1.82, 2.24) is 18.7 Å². The van der Waals surface area contributed by atoms with E-state index < -0.39 is 17.4 Å². The number of aryl methyl sites for hydroxylation is 1. The number of fused-ring (bicyclic) bond motifs is 1. The van der Waals surface area contributed by atoms with Crippen LogP contribution in [0, 0.1) is 0 Å². The normalized spacial score (nSPS) is 14.4. The first kappa shape index (κ1) is 16.4. The van der Waals surface area contributed by atoms with Crippen molar-refractivity contribution in [3.63, 3.8) is 0 Å². The molecule has 2 heterocycles. The Labute approximate surface area is 126 Å². The molecule has 0 saturated heterocycles. The van der Waals surface area contributed by atoms with Crippen LogP contribution in [0.1, 0.15) is 0 Å². The number of aliphatic hydroxyl groups excluding tert-OH is 2. The van der Waals surface area contributed by atoms with E-state index in [9.17, 15) is 14.7 Å². The first-order chi connectivity index (χ1) is 10.4. The molecule has 0 aliphatic carbocycles. The zero-order chi connectivity index (χ0) is 16.4. The second-order valence-electron chi connectivity index (χ2n) is 5.56. The molecule has 0 saturated carbocycles. The number of likely N-dealkylation sites (N-methyl/N-ethyl adjacent to an activating group) is 1. The number of aliphatic hydroxyl groups is 2. The topological polar surface area (TPSA) is 107 Å². The third-order valence-electron chi connectivity index (χ3n) is 3.75. The van der Waals surface area contributed by atoms with Gasteiger partial charge in [-0.25, -0.2) is 9.78 Å². The van der Waals surface area contributed by atoms with Gasteiger partial charge in [-0.2, -0.15) is 0 Å². The first-order valence-electron chi connectivity index (χ1n) is 7.07. The minimum atomic E-state index is -0.689. The van der Waals surface area contributed by atoms with Gasteiger partial charge in [-0.05, 0) is 0 Å². The Bertz CT molecular complexity index is 775. The van der Waals surface area contributed by atoms with Crippen LogP contribution < -0.4 is 16.1 Å². The van der Waals surface area contributed by atoms with Crippen molar-refractivity contribution in [2.75, 3.05) is 26.7 Å². The maximum atomic E-state index is 12.3. The van der Waals surface area contributed by atoms with Crippen molar-refractivity contribution in [3.8, 4) is 0 Å². The summed E-state index contributed by atoms with van der Waals surface area (Å²) in [7, 11) is 4.84. The van der Waals surface area contributed by atoms with Gasteiger partial charge in [-0.15, -0.1) is 0 Å². The molecule has 0 aliphatic rings. The molecular formula is C13H22N5O4+. The quantitative estimate of drug-likeness (QED) is 0.509. The van der Waals surface area contributed by atoms with Gasteiger partial charge in [-0.3, -0.25) is 13.9 Å². The molecule has 3 N–H and O–H groups in total. The van der Waals surface area contributed by atoms with Gasteiger partial charge in [0.1, 0.15) is 19.2 Å². The van der Waals surface area contributed by atoms with Crippen molar-refractivity contribution in [1.29, 1.82) is 0 Å². The molecule has 0 fully saturated rings. The van der Waals surface area contributed by atoms with E-state index in [-0.39, 0.29) is 13.2 Å². The Morgan fingerprint density at radius 2 is 2.00 bits per heavy atom. The van der Waals surface area contributed by atoms with E-state index in [1.807, 2.05) is 7.05 Å². The van der Waals surface area contributed by atoms with Crippen molar-refractivity contribution in [3.05, 3.63) is 27.2 Å². The molecule has 0 spiro atoms. The summed E-state index contributed by atoms with van der Waals surface area (Å²) in [5.41, 5.74) is -0.269. The van der Waals surface area contributed by atoms with Gasteiger partial charge in [0.15, 0.2) is 11.2 Å². The smallest absolute Gasteiger partial charge is 0.332 e. The SMILES string of the molecule is Cn1c(=O)c2c(ncn2C[C@H](O)C[NH+](C)CCO)n(C)c1=O. The second kappa shape index (κ2) is 6.42. The summed E-state index contributed by atoms with van der Waals surface area (Å²) in [4.78, 5) is 29.2. The average Bonchev–Trinajstić information content (AvgIpc) is 2.86. The molecule has 0 radical (unpaired) electrons. The predicted octanol–water partition coefficient (Wildman–Crippen LogP) is -3.70. The molecule has 9 nitrogen and oxygen atoms in total. The summed E-state index contributed by atoms with van der Waals surface area (Å²) in [5, 5.41) is 19.0. The molecule has 22 heavy (non-hydrogen) atoms. The number of quaternary nitrogens is 1. The van der Waals surface area contributed by atoms with E-state index >= 15 is 0 Å². The summed E-state index contributed by atoms with van der Waals surface area (Å²) in [6.45, 7) is 1.23. The molecule has 2 atom stereocenters. The van der Waals surface area contributed by atoms with E-state index in [0.717, 1.165) is 9.47 Å². The number of hydrogen-bond donors (Lipinski definition) is 3. The fourth-order valence-corrected chi connectivity index (χ4v) is 2.52. The highest BCUT2D eigenvalue weighted by atomic mass is 16.3. The van der Waals surface area contributed by atoms with Crippen LogP contribution in [0.25, 0.3) is 11.2 Å². The van der Waals surface area contributed by atoms with Gasteiger partial charge >= 0.3 is 5.69 Å². The summed E-state index contributed by atoms with van der Waals surface area (Å²) < 4.78 is 3.90. The van der Waals surface area contributed by atoms with Gasteiger partial charge in [0.2, 0.25) is 0 Å². The van der Waals surface area contributed by atoms with Gasteiger partial charge in [0.05, 0.1) is 26.5 Å². The fourth-order valence-electron chi connectivity index (χ4n) is 2.52. The highest BCUT2D eigenvalue weighted by Gasteiger charge is 2.17. The van der Waals surface area contributed by atoms with Crippen LogP contribution in [0.4, 0.5) is 0 Å². The molecule has 0 bridgehead atoms. The van der Waals surface area contributed by atoms with E-state index in [0.29, 0.717) is 24.3 Å². The third kappa shape index (κ3) is 2.96. The number of nitrogens with one attached hydrogen (secondary N) is 1. The highest BCUT2D eigenvalue weighted by molar-refractivity contribution is 5.69. The van der Waals surface area contributed by atoms with Gasteiger partial charge in [-0.1, -0.05) is 0 Å². The lowest BCUT2D eigenvalue weighted by atomic mass is 10.3. The minimum Gasteiger partial charge on any atom is -0.391 e. The van der Waals surface area contributed by atoms with Crippen LogP contribution in [0.2, 0.25) is 0 Å². The van der Waals surface area contributed by atoms with Crippen LogP contribution in [-0.2, 0) is 20.6 Å². The van der Waals surface area contributed by atoms with Crippen molar-refractivity contribution in [2.45, 2.75) is 12.6 Å². The molecule has 1 unspecified atom stereocenters. The molecule has 122 valence electrons. The lowest BCUT2D eigenvalue weighted by Gasteiger charge is -2.17. The zero-order valence-corrected chi connectivity index (χ0v) is 13.0. The number of nitrogens with zero attached hydrogens (tertiary/aromatic N) is 4.